The largest absolute Gasteiger partial charge is 0.395 e. The van der Waals surface area contributed by atoms with Crippen molar-refractivity contribution in [3.05, 3.63) is 101 Å². The highest BCUT2D eigenvalue weighted by atomic mass is 16.3. The van der Waals surface area contributed by atoms with E-state index in [2.05, 4.69) is 46.4 Å². The van der Waals surface area contributed by atoms with Gasteiger partial charge < -0.3 is 30.6 Å². The van der Waals surface area contributed by atoms with Crippen molar-refractivity contribution in [1.29, 1.82) is 0 Å². The van der Waals surface area contributed by atoms with Gasteiger partial charge in [-0.1, -0.05) is 18.2 Å². The number of carbonyl (C=O) groups excluding carboxylic acids is 1. The lowest BCUT2D eigenvalue weighted by Crippen LogP contribution is -2.26. The fourth-order valence-corrected chi connectivity index (χ4v) is 4.94. The van der Waals surface area contributed by atoms with E-state index in [1.165, 1.54) is 0 Å². The number of nitrogens with one attached hydrogen (secondary N) is 2. The van der Waals surface area contributed by atoms with Crippen LogP contribution in [0.1, 0.15) is 25.0 Å². The van der Waals surface area contributed by atoms with Gasteiger partial charge in [0.15, 0.2) is 0 Å². The Morgan fingerprint density at radius 2 is 1.36 bits per heavy atom. The highest BCUT2D eigenvalue weighted by Crippen LogP contribution is 2.29. The first kappa shape index (κ1) is 30.6. The molecule has 0 radical (unpaired) electrons. The van der Waals surface area contributed by atoms with Crippen molar-refractivity contribution in [3.8, 4) is 0 Å². The summed E-state index contributed by atoms with van der Waals surface area (Å²) in [6.45, 7) is 11.0. The van der Waals surface area contributed by atoms with E-state index in [4.69, 9.17) is 4.99 Å². The number of allylic oxidation sites excluding steroid dienone is 2. The Labute approximate surface area is 248 Å². The van der Waals surface area contributed by atoms with E-state index >= 15 is 0 Å². The molecule has 0 aliphatic heterocycles. The number of likely N-dealkylation sites (N-methyl/N-ethyl adjacent to an activating group) is 2. The third-order valence-electron chi connectivity index (χ3n) is 7.28. The molecule has 3 aromatic carbocycles. The molecule has 0 spiro atoms. The molecule has 0 aromatic heterocycles. The van der Waals surface area contributed by atoms with Gasteiger partial charge in [0, 0.05) is 55.0 Å². The molecule has 0 heterocycles. The van der Waals surface area contributed by atoms with Crippen molar-refractivity contribution in [1.82, 2.24) is 0 Å². The number of aliphatic imine (C=N–C) groups is 1. The zero-order valence-electron chi connectivity index (χ0n) is 24.9. The van der Waals surface area contributed by atoms with Crippen LogP contribution >= 0.6 is 0 Å². The van der Waals surface area contributed by atoms with Crippen LogP contribution in [0, 0.1) is 13.8 Å². The van der Waals surface area contributed by atoms with Crippen molar-refractivity contribution >= 4 is 39.9 Å². The van der Waals surface area contributed by atoms with Gasteiger partial charge in [0.05, 0.1) is 36.0 Å². The highest BCUT2D eigenvalue weighted by molar-refractivity contribution is 6.24. The quantitative estimate of drug-likeness (QED) is 0.200. The summed E-state index contributed by atoms with van der Waals surface area (Å²) < 4.78 is 0. The smallest absolute Gasteiger partial charge is 0.204 e. The first-order valence-corrected chi connectivity index (χ1v) is 14.5. The molecule has 0 saturated carbocycles. The summed E-state index contributed by atoms with van der Waals surface area (Å²) >= 11 is 0. The molecule has 0 fully saturated rings. The lowest BCUT2D eigenvalue weighted by atomic mass is 10.0. The summed E-state index contributed by atoms with van der Waals surface area (Å²) in [5.41, 5.74) is 8.20. The number of hydrogen-bond donors (Lipinski definition) is 4. The van der Waals surface area contributed by atoms with Crippen LogP contribution in [0.25, 0.3) is 0 Å². The molecule has 4 rings (SSSR count). The van der Waals surface area contributed by atoms with Crippen LogP contribution in [0.15, 0.2) is 95.3 Å². The lowest BCUT2D eigenvalue weighted by molar-refractivity contribution is -0.111. The molecule has 3 aromatic rings. The van der Waals surface area contributed by atoms with Crippen LogP contribution in [-0.4, -0.2) is 61.1 Å². The molecule has 0 atom stereocenters. The molecule has 4 N–H and O–H groups in total. The molecule has 42 heavy (non-hydrogen) atoms. The van der Waals surface area contributed by atoms with Crippen molar-refractivity contribution in [3.63, 3.8) is 0 Å². The first-order valence-electron chi connectivity index (χ1n) is 14.5. The molecule has 0 bridgehead atoms. The minimum absolute atomic E-state index is 0.0871. The Morgan fingerprint density at radius 3 is 1.93 bits per heavy atom. The van der Waals surface area contributed by atoms with Crippen molar-refractivity contribution < 1.29 is 15.0 Å². The van der Waals surface area contributed by atoms with E-state index < -0.39 is 0 Å². The van der Waals surface area contributed by atoms with Crippen LogP contribution in [-0.2, 0) is 4.79 Å². The standard InChI is InChI=1S/C34H41N5O3/c1-5-38(16-18-40)27-12-14-29(24(3)20-27)36-31-22-33(34(42)23-32(31)35-26-10-8-7-9-11-26)37-30-15-13-28(21-25(30)4)39(6-2)17-19-41/h7-15,20-23,35,37,40-41H,5-6,16-19H2,1-4H3. The maximum atomic E-state index is 13.3. The lowest BCUT2D eigenvalue weighted by Gasteiger charge is -2.24. The zero-order chi connectivity index (χ0) is 30.1. The normalized spacial score (nSPS) is 14.0. The van der Waals surface area contributed by atoms with Gasteiger partial charge in [0.25, 0.3) is 0 Å². The van der Waals surface area contributed by atoms with Gasteiger partial charge in [-0.3, -0.25) is 4.79 Å². The number of aliphatic hydroxyl groups is 2. The molecule has 1 aliphatic rings. The topological polar surface area (TPSA) is 100 Å². The second kappa shape index (κ2) is 14.5. The van der Waals surface area contributed by atoms with Gasteiger partial charge >= 0.3 is 0 Å². The third-order valence-corrected chi connectivity index (χ3v) is 7.28. The molecule has 1 aliphatic carbocycles. The molecule has 8 heteroatoms. The number of hydrogen-bond acceptors (Lipinski definition) is 8. The van der Waals surface area contributed by atoms with Crippen LogP contribution in [0.5, 0.6) is 0 Å². The Morgan fingerprint density at radius 1 is 0.738 bits per heavy atom. The molecule has 8 nitrogen and oxygen atoms in total. The average Bonchev–Trinajstić information content (AvgIpc) is 2.99. The Balaban J connectivity index is 1.68. The monoisotopic (exact) mass is 567 g/mol. The minimum atomic E-state index is -0.152. The van der Waals surface area contributed by atoms with Gasteiger partial charge in [-0.05, 0) is 93.4 Å². The molecule has 0 saturated heterocycles. The van der Waals surface area contributed by atoms with Crippen molar-refractivity contribution in [2.45, 2.75) is 27.7 Å². The van der Waals surface area contributed by atoms with Gasteiger partial charge in [-0.2, -0.15) is 0 Å². The van der Waals surface area contributed by atoms with Crippen molar-refractivity contribution in [2.24, 2.45) is 4.99 Å². The van der Waals surface area contributed by atoms with E-state index in [0.717, 1.165) is 52.7 Å². The molecule has 220 valence electrons. The maximum Gasteiger partial charge on any atom is 0.204 e. The number of aliphatic hydroxyl groups excluding tert-OH is 2. The van der Waals surface area contributed by atoms with Crippen molar-refractivity contribution in [2.75, 3.05) is 59.8 Å². The minimum Gasteiger partial charge on any atom is -0.395 e. The number of benzene rings is 3. The molecule has 0 amide bonds. The van der Waals surface area contributed by atoms with Gasteiger partial charge in [-0.25, -0.2) is 4.99 Å². The summed E-state index contributed by atoms with van der Waals surface area (Å²) in [5.74, 6) is -0.152. The molecule has 0 unspecified atom stereocenters. The van der Waals surface area contributed by atoms with Gasteiger partial charge in [0.1, 0.15) is 0 Å². The zero-order valence-corrected chi connectivity index (χ0v) is 24.9. The van der Waals surface area contributed by atoms with E-state index in [9.17, 15) is 15.0 Å². The van der Waals surface area contributed by atoms with E-state index in [1.54, 1.807) is 12.2 Å². The van der Waals surface area contributed by atoms with E-state index in [-0.39, 0.29) is 19.0 Å². The highest BCUT2D eigenvalue weighted by Gasteiger charge is 2.21. The van der Waals surface area contributed by atoms with Crippen LogP contribution < -0.4 is 20.4 Å². The van der Waals surface area contributed by atoms with Crippen LogP contribution in [0.4, 0.5) is 28.4 Å². The number of nitrogens with zero attached hydrogens (tertiary/aromatic N) is 3. The second-order valence-electron chi connectivity index (χ2n) is 10.2. The van der Waals surface area contributed by atoms with Crippen LogP contribution in [0.2, 0.25) is 0 Å². The summed E-state index contributed by atoms with van der Waals surface area (Å²) in [6.07, 6.45) is 3.38. The number of aryl methyl sites for hydroxylation is 2. The molecular formula is C34H41N5O3. The summed E-state index contributed by atoms with van der Waals surface area (Å²) in [4.78, 5) is 22.6. The number of rotatable bonds is 13. The van der Waals surface area contributed by atoms with E-state index in [0.29, 0.717) is 30.2 Å². The summed E-state index contributed by atoms with van der Waals surface area (Å²) in [7, 11) is 0. The first-order chi connectivity index (χ1) is 20.4. The third kappa shape index (κ3) is 7.46. The Hall–Kier alpha value is -4.40. The SMILES string of the molecule is CCN(CCO)c1ccc(N=C2C=C(Nc3ccc(N(CC)CCO)cc3C)C(=O)C=C2Nc2ccccc2)c(C)c1. The van der Waals surface area contributed by atoms with Gasteiger partial charge in [-0.15, -0.1) is 0 Å². The number of para-hydroxylation sites is 1. The fourth-order valence-electron chi connectivity index (χ4n) is 4.94. The van der Waals surface area contributed by atoms with E-state index in [1.807, 2.05) is 68.4 Å². The van der Waals surface area contributed by atoms with Crippen LogP contribution in [0.3, 0.4) is 0 Å². The second-order valence-corrected chi connectivity index (χ2v) is 10.2. The average molecular weight is 568 g/mol. The molecular weight excluding hydrogens is 526 g/mol. The Kier molecular flexibility index (Phi) is 10.5. The Bertz CT molecular complexity index is 1480. The number of ketones is 1. The summed E-state index contributed by atoms with van der Waals surface area (Å²) in [6, 6.07) is 21.8. The number of anilines is 4. The fraction of sp³-hybridized carbons (Fsp3) is 0.294. The predicted octanol–water partition coefficient (Wildman–Crippen LogP) is 5.59. The number of carbonyl (C=O) groups is 1. The summed E-state index contributed by atoms with van der Waals surface area (Å²) in [5, 5.41) is 25.5. The maximum absolute atomic E-state index is 13.3. The predicted molar refractivity (Wildman–Crippen MR) is 174 cm³/mol. The van der Waals surface area contributed by atoms with Gasteiger partial charge in [0.2, 0.25) is 5.78 Å².